The summed E-state index contributed by atoms with van der Waals surface area (Å²) in [5, 5.41) is 1.47. The maximum absolute atomic E-state index is 2.21. The van der Waals surface area contributed by atoms with E-state index in [2.05, 4.69) is 37.3 Å². The number of rotatable bonds is 2. The Kier molecular flexibility index (Phi) is 5.88. The third-order valence-corrected chi connectivity index (χ3v) is 2.25. The lowest BCUT2D eigenvalue weighted by Crippen LogP contribution is -1.90. The molecular weight excluding hydrogens is 158 g/mol. The van der Waals surface area contributed by atoms with Crippen LogP contribution in [0.2, 0.25) is 0 Å². The first-order chi connectivity index (χ1) is 4.43. The van der Waals surface area contributed by atoms with Crippen molar-refractivity contribution < 1.29 is 0 Å². The second-order valence-electron chi connectivity index (χ2n) is 1.90. The fraction of sp³-hybridized carbons (Fsp3) is 0.250. The van der Waals surface area contributed by atoms with Gasteiger partial charge in [-0.05, 0) is 11.5 Å². The minimum Gasteiger partial charge on any atom is -0.153 e. The van der Waals surface area contributed by atoms with Gasteiger partial charge in [-0.15, -0.1) is 0 Å². The number of hydrogen-bond donors (Lipinski definition) is 0. The first-order valence-electron chi connectivity index (χ1n) is 3.22. The molecule has 0 aliphatic heterocycles. The third-order valence-electron chi connectivity index (χ3n) is 1.15. The van der Waals surface area contributed by atoms with Gasteiger partial charge in [-0.25, -0.2) is 0 Å². The first kappa shape index (κ1) is 10.1. The van der Waals surface area contributed by atoms with Gasteiger partial charge in [0, 0.05) is 0 Å². The smallest absolute Gasteiger partial charge is 0.0272 e. The Hall–Kier alpha value is 0.0800. The summed E-state index contributed by atoms with van der Waals surface area (Å²) >= 11 is 0. The Bertz CT molecular complexity index is 160. The highest BCUT2D eigenvalue weighted by Crippen LogP contribution is 2.06. The van der Waals surface area contributed by atoms with Gasteiger partial charge in [0.15, 0.2) is 0 Å². The van der Waals surface area contributed by atoms with E-state index in [1.807, 2.05) is 0 Å². The Morgan fingerprint density at radius 2 is 1.80 bits per heavy atom. The van der Waals surface area contributed by atoms with E-state index in [0.717, 1.165) is 8.58 Å². The van der Waals surface area contributed by atoms with Crippen LogP contribution in [0.25, 0.3) is 0 Å². The van der Waals surface area contributed by atoms with E-state index in [4.69, 9.17) is 0 Å². The quantitative estimate of drug-likeness (QED) is 0.599. The average Bonchev–Trinajstić information content (AvgIpc) is 1.91. The molecule has 0 bridgehead atoms. The summed E-state index contributed by atoms with van der Waals surface area (Å²) in [4.78, 5) is 0. The monoisotopic (exact) mass is 172 g/mol. The summed E-state index contributed by atoms with van der Waals surface area (Å²) < 4.78 is 0. The van der Waals surface area contributed by atoms with Crippen LogP contribution in [0.4, 0.5) is 0 Å². The number of hydrogen-bond acceptors (Lipinski definition) is 0. The van der Waals surface area contributed by atoms with Crippen molar-refractivity contribution in [1.82, 2.24) is 0 Å². The van der Waals surface area contributed by atoms with Crippen LogP contribution in [0.3, 0.4) is 0 Å². The van der Waals surface area contributed by atoms with E-state index in [-0.39, 0.29) is 9.90 Å². The fourth-order valence-corrected chi connectivity index (χ4v) is 1.60. The van der Waals surface area contributed by atoms with Crippen LogP contribution in [0.15, 0.2) is 30.3 Å². The molecule has 2 atom stereocenters. The summed E-state index contributed by atoms with van der Waals surface area (Å²) in [6, 6.07) is 10.6. The summed E-state index contributed by atoms with van der Waals surface area (Å²) in [6.45, 7) is 2.21. The van der Waals surface area contributed by atoms with Gasteiger partial charge < -0.3 is 0 Å². The molecule has 0 radical (unpaired) electrons. The molecular formula is C8H14P2. The zero-order chi connectivity index (χ0) is 6.53. The molecule has 0 N–H and O–H groups in total. The Balaban J connectivity index is 0.000000810. The fourth-order valence-electron chi connectivity index (χ4n) is 0.760. The molecule has 0 saturated carbocycles. The number of benzene rings is 1. The molecule has 0 amide bonds. The van der Waals surface area contributed by atoms with Crippen molar-refractivity contribution in [2.24, 2.45) is 0 Å². The van der Waals surface area contributed by atoms with Gasteiger partial charge in [0.25, 0.3) is 0 Å². The minimum absolute atomic E-state index is 0. The largest absolute Gasteiger partial charge is 0.153 e. The van der Waals surface area contributed by atoms with Gasteiger partial charge in [0.1, 0.15) is 0 Å². The molecule has 0 aliphatic rings. The van der Waals surface area contributed by atoms with Crippen molar-refractivity contribution in [3.63, 3.8) is 0 Å². The molecule has 0 aromatic heterocycles. The van der Waals surface area contributed by atoms with Crippen molar-refractivity contribution in [2.75, 3.05) is 6.16 Å². The van der Waals surface area contributed by atoms with Crippen LogP contribution in [0.1, 0.15) is 6.92 Å². The molecule has 1 aromatic carbocycles. The second kappa shape index (κ2) is 5.83. The lowest BCUT2D eigenvalue weighted by Gasteiger charge is -1.94. The summed E-state index contributed by atoms with van der Waals surface area (Å²) in [5.41, 5.74) is 0. The lowest BCUT2D eigenvalue weighted by molar-refractivity contribution is 1.52. The highest BCUT2D eigenvalue weighted by Gasteiger charge is 1.84. The van der Waals surface area contributed by atoms with Crippen molar-refractivity contribution >= 4 is 23.8 Å². The van der Waals surface area contributed by atoms with E-state index >= 15 is 0 Å². The van der Waals surface area contributed by atoms with Crippen molar-refractivity contribution in [1.29, 1.82) is 0 Å². The topological polar surface area (TPSA) is 0 Å². The molecule has 10 heavy (non-hydrogen) atoms. The lowest BCUT2D eigenvalue weighted by atomic mass is 10.4. The van der Waals surface area contributed by atoms with Crippen molar-refractivity contribution in [3.05, 3.63) is 30.3 Å². The van der Waals surface area contributed by atoms with E-state index in [1.54, 1.807) is 0 Å². The average molecular weight is 172 g/mol. The molecule has 2 heteroatoms. The molecule has 0 heterocycles. The predicted molar refractivity (Wildman–Crippen MR) is 56.0 cm³/mol. The Morgan fingerprint density at radius 3 is 2.30 bits per heavy atom. The van der Waals surface area contributed by atoms with Gasteiger partial charge in [0.05, 0.1) is 0 Å². The highest BCUT2D eigenvalue weighted by atomic mass is 31.1. The molecule has 2 unspecified atom stereocenters. The molecule has 1 aromatic rings. The van der Waals surface area contributed by atoms with E-state index in [0.29, 0.717) is 0 Å². The third kappa shape index (κ3) is 3.30. The maximum atomic E-state index is 2.21. The van der Waals surface area contributed by atoms with Gasteiger partial charge >= 0.3 is 0 Å². The molecule has 1 rings (SSSR count). The molecule has 0 spiro atoms. The predicted octanol–water partition coefficient (Wildman–Crippen LogP) is 2.07. The van der Waals surface area contributed by atoms with Crippen molar-refractivity contribution in [3.8, 4) is 0 Å². The van der Waals surface area contributed by atoms with Gasteiger partial charge in [-0.3, -0.25) is 0 Å². The van der Waals surface area contributed by atoms with Gasteiger partial charge in [0.2, 0.25) is 0 Å². The van der Waals surface area contributed by atoms with Crippen LogP contribution in [-0.2, 0) is 0 Å². The van der Waals surface area contributed by atoms with Gasteiger partial charge in [-0.2, -0.15) is 9.90 Å². The SMILES string of the molecule is CCPc1ccccc1.P. The van der Waals surface area contributed by atoms with Crippen LogP contribution < -0.4 is 5.30 Å². The van der Waals surface area contributed by atoms with Gasteiger partial charge in [-0.1, -0.05) is 45.8 Å². The molecule has 0 aliphatic carbocycles. The zero-order valence-corrected chi connectivity index (χ0v) is 8.72. The summed E-state index contributed by atoms with van der Waals surface area (Å²) in [6.07, 6.45) is 1.27. The van der Waals surface area contributed by atoms with E-state index < -0.39 is 0 Å². The first-order valence-corrected chi connectivity index (χ1v) is 4.43. The Morgan fingerprint density at radius 1 is 1.20 bits per heavy atom. The van der Waals surface area contributed by atoms with Crippen LogP contribution in [-0.4, -0.2) is 6.16 Å². The molecule has 56 valence electrons. The molecule has 0 fully saturated rings. The van der Waals surface area contributed by atoms with Crippen molar-refractivity contribution in [2.45, 2.75) is 6.92 Å². The van der Waals surface area contributed by atoms with E-state index in [1.165, 1.54) is 11.5 Å². The normalized spacial score (nSPS) is 9.70. The highest BCUT2D eigenvalue weighted by molar-refractivity contribution is 7.47. The summed E-state index contributed by atoms with van der Waals surface area (Å²) in [5.74, 6) is 0. The second-order valence-corrected chi connectivity index (χ2v) is 3.53. The maximum Gasteiger partial charge on any atom is -0.0272 e. The zero-order valence-electron chi connectivity index (χ0n) is 6.30. The Labute approximate surface area is 67.8 Å². The van der Waals surface area contributed by atoms with Crippen LogP contribution >= 0.6 is 18.5 Å². The standard InChI is InChI=1S/C8H11P.H3P/c1-2-9-8-6-4-3-5-7-8;/h3-7,9H,2H2,1H3;1H3. The molecule has 0 nitrogen and oxygen atoms in total. The van der Waals surface area contributed by atoms with Crippen LogP contribution in [0.5, 0.6) is 0 Å². The van der Waals surface area contributed by atoms with E-state index in [9.17, 15) is 0 Å². The minimum atomic E-state index is 0. The van der Waals surface area contributed by atoms with Crippen LogP contribution in [0, 0.1) is 0 Å². The molecule has 0 saturated heterocycles. The summed E-state index contributed by atoms with van der Waals surface area (Å²) in [7, 11) is 0.987.